The summed E-state index contributed by atoms with van der Waals surface area (Å²) in [5, 5.41) is 7.51. The van der Waals surface area contributed by atoms with E-state index in [9.17, 15) is 4.79 Å². The highest BCUT2D eigenvalue weighted by Gasteiger charge is 2.24. The molecule has 0 fully saturated rings. The quantitative estimate of drug-likeness (QED) is 0.681. The Morgan fingerprint density at radius 3 is 2.32 bits per heavy atom. The molecule has 2 aromatic rings. The van der Waals surface area contributed by atoms with Gasteiger partial charge in [0.25, 0.3) is 0 Å². The van der Waals surface area contributed by atoms with E-state index >= 15 is 0 Å². The summed E-state index contributed by atoms with van der Waals surface area (Å²) in [6.07, 6.45) is -0.748. The minimum atomic E-state index is -1.61. The lowest BCUT2D eigenvalue weighted by Crippen LogP contribution is -2.34. The Labute approximate surface area is 166 Å². The van der Waals surface area contributed by atoms with Gasteiger partial charge in [0.2, 0.25) is 9.67 Å². The predicted octanol–water partition coefficient (Wildman–Crippen LogP) is 5.28. The lowest BCUT2D eigenvalue weighted by atomic mass is 9.93. The van der Waals surface area contributed by atoms with Crippen molar-refractivity contribution in [2.75, 3.05) is 6.54 Å². The number of aromatic nitrogens is 2. The van der Waals surface area contributed by atoms with Crippen molar-refractivity contribution in [1.29, 1.82) is 0 Å². The van der Waals surface area contributed by atoms with Gasteiger partial charge in [0.1, 0.15) is 0 Å². The fraction of sp³-hybridized carbons (Fsp3) is 0.375. The summed E-state index contributed by atoms with van der Waals surface area (Å²) in [5.41, 5.74) is 1.22. The molecule has 2 rings (SSSR count). The SMILES string of the molecule is CC(C)(C)c1cc(OC(=O)NCC(Cl)(Cl)Cl)n(-c2ccc(Cl)cc2)n1. The fourth-order valence-corrected chi connectivity index (χ4v) is 2.20. The summed E-state index contributed by atoms with van der Waals surface area (Å²) < 4.78 is 5.26. The van der Waals surface area contributed by atoms with Gasteiger partial charge in [0.15, 0.2) is 0 Å². The molecule has 0 saturated carbocycles. The Balaban J connectivity index is 2.30. The summed E-state index contributed by atoms with van der Waals surface area (Å²) in [5.74, 6) is 0.245. The molecule has 0 radical (unpaired) electrons. The summed E-state index contributed by atoms with van der Waals surface area (Å²) in [6, 6.07) is 8.69. The third-order valence-electron chi connectivity index (χ3n) is 3.15. The zero-order valence-electron chi connectivity index (χ0n) is 13.8. The van der Waals surface area contributed by atoms with Crippen molar-refractivity contribution < 1.29 is 9.53 Å². The maximum atomic E-state index is 12.0. The van der Waals surface area contributed by atoms with E-state index in [0.717, 1.165) is 5.69 Å². The van der Waals surface area contributed by atoms with Gasteiger partial charge < -0.3 is 10.1 Å². The van der Waals surface area contributed by atoms with Crippen LogP contribution in [0.1, 0.15) is 26.5 Å². The number of benzene rings is 1. The maximum Gasteiger partial charge on any atom is 0.414 e. The van der Waals surface area contributed by atoms with E-state index in [4.69, 9.17) is 51.1 Å². The van der Waals surface area contributed by atoms with Crippen LogP contribution in [0.15, 0.2) is 30.3 Å². The van der Waals surface area contributed by atoms with Gasteiger partial charge >= 0.3 is 6.09 Å². The standard InChI is InChI=1S/C16H17Cl4N3O2/c1-15(2,3)12-8-13(25-14(24)21-9-16(18,19)20)23(22-12)11-6-4-10(17)5-7-11/h4-8H,9H2,1-3H3,(H,21,24). The normalized spacial score (nSPS) is 12.1. The number of alkyl halides is 3. The molecule has 1 amide bonds. The molecule has 0 atom stereocenters. The molecule has 1 heterocycles. The molecule has 0 bridgehead atoms. The molecule has 1 aromatic carbocycles. The fourth-order valence-electron chi connectivity index (χ4n) is 1.87. The average Bonchev–Trinajstić information content (AvgIpc) is 2.89. The Morgan fingerprint density at radius 1 is 1.20 bits per heavy atom. The van der Waals surface area contributed by atoms with Gasteiger partial charge in [0, 0.05) is 16.5 Å². The highest BCUT2D eigenvalue weighted by atomic mass is 35.6. The lowest BCUT2D eigenvalue weighted by Gasteiger charge is -2.13. The molecule has 136 valence electrons. The molecular formula is C16H17Cl4N3O2. The number of nitrogens with one attached hydrogen (secondary N) is 1. The van der Waals surface area contributed by atoms with Crippen LogP contribution in [0.4, 0.5) is 4.79 Å². The van der Waals surface area contributed by atoms with E-state index < -0.39 is 9.89 Å². The van der Waals surface area contributed by atoms with Gasteiger partial charge in [-0.3, -0.25) is 0 Å². The first-order chi connectivity index (χ1) is 11.5. The van der Waals surface area contributed by atoms with Crippen molar-refractivity contribution in [3.05, 3.63) is 41.0 Å². The Morgan fingerprint density at radius 2 is 1.80 bits per heavy atom. The van der Waals surface area contributed by atoms with Gasteiger partial charge in [-0.15, -0.1) is 0 Å². The van der Waals surface area contributed by atoms with E-state index in [0.29, 0.717) is 10.7 Å². The van der Waals surface area contributed by atoms with Crippen molar-refractivity contribution in [1.82, 2.24) is 15.1 Å². The van der Waals surface area contributed by atoms with E-state index in [1.165, 1.54) is 4.68 Å². The first-order valence-electron chi connectivity index (χ1n) is 7.34. The molecular weight excluding hydrogens is 408 g/mol. The molecule has 1 aromatic heterocycles. The molecule has 1 N–H and O–H groups in total. The first-order valence-corrected chi connectivity index (χ1v) is 8.86. The van der Waals surface area contributed by atoms with Crippen LogP contribution < -0.4 is 10.1 Å². The summed E-state index contributed by atoms with van der Waals surface area (Å²) in [7, 11) is 0. The third-order valence-corrected chi connectivity index (χ3v) is 3.80. The highest BCUT2D eigenvalue weighted by Crippen LogP contribution is 2.28. The van der Waals surface area contributed by atoms with Crippen LogP contribution in [0.5, 0.6) is 5.88 Å². The third kappa shape index (κ3) is 5.96. The smallest absolute Gasteiger partial charge is 0.391 e. The van der Waals surface area contributed by atoms with Crippen molar-refractivity contribution in [2.24, 2.45) is 0 Å². The van der Waals surface area contributed by atoms with Crippen LogP contribution in [0.3, 0.4) is 0 Å². The van der Waals surface area contributed by atoms with Crippen LogP contribution >= 0.6 is 46.4 Å². The molecule has 25 heavy (non-hydrogen) atoms. The molecule has 0 saturated heterocycles. The minimum absolute atomic E-state index is 0.183. The zero-order chi connectivity index (χ0) is 18.8. The second-order valence-electron chi connectivity index (χ2n) is 6.36. The van der Waals surface area contributed by atoms with Crippen LogP contribution in [-0.2, 0) is 5.41 Å². The van der Waals surface area contributed by atoms with Crippen LogP contribution in [0.25, 0.3) is 5.69 Å². The molecule has 5 nitrogen and oxygen atoms in total. The van der Waals surface area contributed by atoms with Crippen LogP contribution in [0, 0.1) is 0 Å². The number of halogens is 4. The van der Waals surface area contributed by atoms with Gasteiger partial charge in [-0.2, -0.15) is 5.10 Å². The molecule has 0 aliphatic carbocycles. The topological polar surface area (TPSA) is 56.1 Å². The largest absolute Gasteiger partial charge is 0.414 e. The van der Waals surface area contributed by atoms with Gasteiger partial charge in [-0.25, -0.2) is 9.48 Å². The number of rotatable bonds is 3. The number of nitrogens with zero attached hydrogens (tertiary/aromatic N) is 2. The van der Waals surface area contributed by atoms with Crippen molar-refractivity contribution >= 4 is 52.5 Å². The Bertz CT molecular complexity index is 746. The average molecular weight is 425 g/mol. The van der Waals surface area contributed by atoms with Gasteiger partial charge in [0.05, 0.1) is 17.9 Å². The molecule has 0 spiro atoms. The zero-order valence-corrected chi connectivity index (χ0v) is 16.8. The van der Waals surface area contributed by atoms with Crippen LogP contribution in [0.2, 0.25) is 5.02 Å². The number of carbonyl (C=O) groups excluding carboxylic acids is 1. The maximum absolute atomic E-state index is 12.0. The number of carbonyl (C=O) groups is 1. The van der Waals surface area contributed by atoms with Crippen LogP contribution in [-0.4, -0.2) is 26.2 Å². The molecule has 0 aliphatic heterocycles. The summed E-state index contributed by atoms with van der Waals surface area (Å²) >= 11 is 22.8. The second kappa shape index (κ2) is 7.62. The van der Waals surface area contributed by atoms with E-state index in [1.54, 1.807) is 30.3 Å². The molecule has 0 unspecified atom stereocenters. The minimum Gasteiger partial charge on any atom is -0.391 e. The number of hydrogen-bond donors (Lipinski definition) is 1. The van der Waals surface area contributed by atoms with Crippen molar-refractivity contribution in [2.45, 2.75) is 30.0 Å². The van der Waals surface area contributed by atoms with E-state index in [-0.39, 0.29) is 17.8 Å². The predicted molar refractivity (Wildman–Crippen MR) is 102 cm³/mol. The lowest BCUT2D eigenvalue weighted by molar-refractivity contribution is 0.197. The number of ether oxygens (including phenoxy) is 1. The molecule has 0 aliphatic rings. The van der Waals surface area contributed by atoms with E-state index in [1.807, 2.05) is 20.8 Å². The molecule has 9 heteroatoms. The van der Waals surface area contributed by atoms with E-state index in [2.05, 4.69) is 10.4 Å². The summed E-state index contributed by atoms with van der Waals surface area (Å²) in [4.78, 5) is 12.0. The second-order valence-corrected chi connectivity index (χ2v) is 9.32. The monoisotopic (exact) mass is 423 g/mol. The summed E-state index contributed by atoms with van der Waals surface area (Å²) in [6.45, 7) is 5.84. The van der Waals surface area contributed by atoms with Crippen molar-refractivity contribution in [3.63, 3.8) is 0 Å². The number of hydrogen-bond acceptors (Lipinski definition) is 3. The highest BCUT2D eigenvalue weighted by molar-refractivity contribution is 6.67. The Kier molecular flexibility index (Phi) is 6.15. The van der Waals surface area contributed by atoms with Gasteiger partial charge in [-0.1, -0.05) is 67.2 Å². The van der Waals surface area contributed by atoms with Gasteiger partial charge in [-0.05, 0) is 24.3 Å². The Hall–Kier alpha value is -1.14. The van der Waals surface area contributed by atoms with Crippen molar-refractivity contribution in [3.8, 4) is 11.6 Å². The number of amides is 1. The first kappa shape index (κ1) is 20.2.